The molecular weight excluding hydrogens is 318 g/mol. The van der Waals surface area contributed by atoms with Gasteiger partial charge in [0.25, 0.3) is 5.56 Å². The monoisotopic (exact) mass is 337 g/mol. The summed E-state index contributed by atoms with van der Waals surface area (Å²) in [5.74, 6) is 0. The number of aromatic amines is 1. The lowest BCUT2D eigenvalue weighted by Crippen LogP contribution is -2.13. The molecule has 1 aromatic carbocycles. The number of unbranched alkanes of at least 4 members (excludes halogenated alkanes) is 1. The number of thiophene rings is 1. The second-order valence-corrected chi connectivity index (χ2v) is 7.19. The minimum atomic E-state index is -0.0418. The van der Waals surface area contributed by atoms with Crippen molar-refractivity contribution in [3.05, 3.63) is 56.6 Å². The Morgan fingerprint density at radius 2 is 2.12 bits per heavy atom. The van der Waals surface area contributed by atoms with Crippen LogP contribution in [0.4, 0.5) is 0 Å². The van der Waals surface area contributed by atoms with Crippen LogP contribution in [0, 0.1) is 6.92 Å². The maximum absolute atomic E-state index is 12.8. The van der Waals surface area contributed by atoms with E-state index in [1.807, 2.05) is 30.5 Å². The molecule has 4 aromatic rings. The molecule has 1 N–H and O–H groups in total. The number of hydrogen-bond donors (Lipinski definition) is 1. The van der Waals surface area contributed by atoms with Crippen molar-refractivity contribution in [2.75, 3.05) is 0 Å². The first-order valence-corrected chi connectivity index (χ1v) is 9.13. The van der Waals surface area contributed by atoms with Gasteiger partial charge in [-0.3, -0.25) is 14.9 Å². The average molecular weight is 337 g/mol. The quantitative estimate of drug-likeness (QED) is 0.592. The summed E-state index contributed by atoms with van der Waals surface area (Å²) in [5, 5.41) is 6.94. The van der Waals surface area contributed by atoms with Gasteiger partial charge in [0.15, 0.2) is 0 Å². The number of nitrogens with zero attached hydrogens (tertiary/aromatic N) is 2. The number of H-pyrrole nitrogens is 1. The Hall–Kier alpha value is -2.40. The Kier molecular flexibility index (Phi) is 3.73. The van der Waals surface area contributed by atoms with Crippen molar-refractivity contribution in [3.8, 4) is 5.69 Å². The molecule has 0 aliphatic rings. The zero-order chi connectivity index (χ0) is 16.7. The summed E-state index contributed by atoms with van der Waals surface area (Å²) in [6.07, 6.45) is 5.10. The van der Waals surface area contributed by atoms with E-state index >= 15 is 0 Å². The van der Waals surface area contributed by atoms with Crippen LogP contribution in [-0.2, 0) is 6.42 Å². The van der Waals surface area contributed by atoms with Gasteiger partial charge in [0.2, 0.25) is 0 Å². The number of benzene rings is 1. The molecule has 4 rings (SSSR count). The van der Waals surface area contributed by atoms with Crippen LogP contribution in [0.1, 0.15) is 30.2 Å². The molecule has 0 saturated heterocycles. The van der Waals surface area contributed by atoms with Crippen molar-refractivity contribution in [1.29, 1.82) is 0 Å². The van der Waals surface area contributed by atoms with E-state index in [0.29, 0.717) is 5.39 Å². The number of pyridine rings is 1. The van der Waals surface area contributed by atoms with Crippen LogP contribution in [-0.4, -0.2) is 14.8 Å². The molecule has 0 atom stereocenters. The number of aromatic nitrogens is 3. The Morgan fingerprint density at radius 1 is 1.25 bits per heavy atom. The highest BCUT2D eigenvalue weighted by Crippen LogP contribution is 2.24. The van der Waals surface area contributed by atoms with E-state index in [1.54, 1.807) is 22.2 Å². The second-order valence-electron chi connectivity index (χ2n) is 6.19. The third-order valence-electron chi connectivity index (χ3n) is 4.36. The molecule has 0 saturated carbocycles. The summed E-state index contributed by atoms with van der Waals surface area (Å²) in [4.78, 5) is 18.5. The van der Waals surface area contributed by atoms with Crippen LogP contribution in [0.3, 0.4) is 0 Å². The summed E-state index contributed by atoms with van der Waals surface area (Å²) in [5.41, 5.74) is 3.79. The molecule has 24 heavy (non-hydrogen) atoms. The third kappa shape index (κ3) is 2.45. The van der Waals surface area contributed by atoms with Gasteiger partial charge in [-0.05, 0) is 37.5 Å². The zero-order valence-corrected chi connectivity index (χ0v) is 14.6. The van der Waals surface area contributed by atoms with Crippen LogP contribution in [0.2, 0.25) is 0 Å². The van der Waals surface area contributed by atoms with Gasteiger partial charge in [-0.2, -0.15) is 0 Å². The molecule has 0 spiro atoms. The van der Waals surface area contributed by atoms with Gasteiger partial charge >= 0.3 is 0 Å². The first-order valence-electron chi connectivity index (χ1n) is 8.25. The highest BCUT2D eigenvalue weighted by Gasteiger charge is 2.13. The lowest BCUT2D eigenvalue weighted by molar-refractivity contribution is 0.802. The predicted molar refractivity (Wildman–Crippen MR) is 100 cm³/mol. The smallest absolute Gasteiger partial charge is 0.280 e. The molecule has 0 radical (unpaired) electrons. The molecule has 4 nitrogen and oxygen atoms in total. The lowest BCUT2D eigenvalue weighted by atomic mass is 10.1. The van der Waals surface area contributed by atoms with E-state index in [1.165, 1.54) is 17.7 Å². The average Bonchev–Trinajstić information content (AvgIpc) is 3.17. The van der Waals surface area contributed by atoms with Crippen LogP contribution in [0.15, 0.2) is 40.6 Å². The van der Waals surface area contributed by atoms with E-state index in [4.69, 9.17) is 0 Å². The van der Waals surface area contributed by atoms with Gasteiger partial charge in [-0.15, -0.1) is 11.3 Å². The Balaban J connectivity index is 1.87. The second kappa shape index (κ2) is 5.91. The Labute approximate surface area is 143 Å². The maximum atomic E-state index is 12.8. The SMILES string of the molecule is CCCCc1cc(-n2[nH]c3c(cnc4cc(C)ccc43)c2=O)cs1. The minimum absolute atomic E-state index is 0.0418. The molecule has 0 bridgehead atoms. The summed E-state index contributed by atoms with van der Waals surface area (Å²) in [6, 6.07) is 8.22. The standard InChI is InChI=1S/C19H19N3OS/c1-3-4-5-14-9-13(11-24-14)22-19(23)16-10-20-17-8-12(2)6-7-15(17)18(16)21-22/h6-11,21H,3-5H2,1-2H3. The molecule has 0 amide bonds. The molecule has 3 aromatic heterocycles. The van der Waals surface area contributed by atoms with Crippen molar-refractivity contribution in [1.82, 2.24) is 14.8 Å². The molecule has 0 aliphatic carbocycles. The molecule has 122 valence electrons. The summed E-state index contributed by atoms with van der Waals surface area (Å²) in [7, 11) is 0. The first-order chi connectivity index (χ1) is 11.7. The fourth-order valence-electron chi connectivity index (χ4n) is 3.02. The number of nitrogens with one attached hydrogen (secondary N) is 1. The highest BCUT2D eigenvalue weighted by atomic mass is 32.1. The van der Waals surface area contributed by atoms with E-state index < -0.39 is 0 Å². The summed E-state index contributed by atoms with van der Waals surface area (Å²) in [6.45, 7) is 4.24. The zero-order valence-electron chi connectivity index (χ0n) is 13.8. The number of aryl methyl sites for hydroxylation is 2. The fraction of sp³-hybridized carbons (Fsp3) is 0.263. The van der Waals surface area contributed by atoms with Crippen molar-refractivity contribution in [3.63, 3.8) is 0 Å². The minimum Gasteiger partial charge on any atom is -0.290 e. The molecule has 3 heterocycles. The van der Waals surface area contributed by atoms with E-state index in [9.17, 15) is 4.79 Å². The van der Waals surface area contributed by atoms with Crippen LogP contribution in [0.25, 0.3) is 27.5 Å². The van der Waals surface area contributed by atoms with Gasteiger partial charge in [0.1, 0.15) is 0 Å². The molecule has 5 heteroatoms. The van der Waals surface area contributed by atoms with E-state index in [-0.39, 0.29) is 5.56 Å². The lowest BCUT2D eigenvalue weighted by Gasteiger charge is -1.99. The first kappa shape index (κ1) is 15.1. The summed E-state index contributed by atoms with van der Waals surface area (Å²) >= 11 is 1.71. The molecule has 0 fully saturated rings. The molecular formula is C19H19N3OS. The Morgan fingerprint density at radius 3 is 2.96 bits per heavy atom. The van der Waals surface area contributed by atoms with Crippen molar-refractivity contribution in [2.24, 2.45) is 0 Å². The van der Waals surface area contributed by atoms with Crippen LogP contribution < -0.4 is 5.56 Å². The van der Waals surface area contributed by atoms with Gasteiger partial charge in [0.05, 0.1) is 22.1 Å². The Bertz CT molecular complexity index is 1090. The van der Waals surface area contributed by atoms with E-state index in [2.05, 4.69) is 23.1 Å². The topological polar surface area (TPSA) is 50.7 Å². The number of hydrogen-bond acceptors (Lipinski definition) is 3. The van der Waals surface area contributed by atoms with Gasteiger partial charge in [-0.1, -0.05) is 25.5 Å². The highest BCUT2D eigenvalue weighted by molar-refractivity contribution is 7.10. The van der Waals surface area contributed by atoms with Crippen molar-refractivity contribution >= 4 is 33.1 Å². The molecule has 0 unspecified atom stereocenters. The fourth-order valence-corrected chi connectivity index (χ4v) is 3.92. The van der Waals surface area contributed by atoms with Crippen molar-refractivity contribution in [2.45, 2.75) is 33.1 Å². The van der Waals surface area contributed by atoms with Gasteiger partial charge in [-0.25, -0.2) is 4.68 Å². The number of rotatable bonds is 4. The largest absolute Gasteiger partial charge is 0.290 e. The third-order valence-corrected chi connectivity index (χ3v) is 5.34. The van der Waals surface area contributed by atoms with Crippen LogP contribution >= 0.6 is 11.3 Å². The summed E-state index contributed by atoms with van der Waals surface area (Å²) < 4.78 is 1.64. The van der Waals surface area contributed by atoms with Crippen LogP contribution in [0.5, 0.6) is 0 Å². The van der Waals surface area contributed by atoms with Gasteiger partial charge in [0, 0.05) is 21.8 Å². The van der Waals surface area contributed by atoms with Crippen molar-refractivity contribution < 1.29 is 0 Å². The predicted octanol–water partition coefficient (Wildman–Crippen LogP) is 4.58. The number of fused-ring (bicyclic) bond motifs is 3. The normalized spacial score (nSPS) is 11.6. The molecule has 0 aliphatic heterocycles. The van der Waals surface area contributed by atoms with E-state index in [0.717, 1.165) is 34.1 Å². The maximum Gasteiger partial charge on any atom is 0.280 e. The van der Waals surface area contributed by atoms with Gasteiger partial charge < -0.3 is 0 Å².